The molecule has 0 radical (unpaired) electrons. The number of hydrogen-bond acceptors (Lipinski definition) is 4. The van der Waals surface area contributed by atoms with Gasteiger partial charge in [0, 0.05) is 19.6 Å². The molecule has 2 heterocycles. The molecule has 3 rings (SSSR count). The van der Waals surface area contributed by atoms with Crippen LogP contribution in [0, 0.1) is 12.7 Å². The standard InChI is InChI=1S/C18H24FN3O2/c1-12-17(18(24-3)21(2)20-12)15-8-5-9-22(15)11-16(23)13-6-4-7-14(19)10-13/h4,6-7,10,15-16,23H,5,8-9,11H2,1-3H3. The van der Waals surface area contributed by atoms with Gasteiger partial charge < -0.3 is 9.84 Å². The van der Waals surface area contributed by atoms with Gasteiger partial charge in [0.05, 0.1) is 24.5 Å². The molecule has 0 bridgehead atoms. The lowest BCUT2D eigenvalue weighted by molar-refractivity contribution is 0.105. The molecule has 2 atom stereocenters. The molecule has 1 saturated heterocycles. The van der Waals surface area contributed by atoms with E-state index in [1.54, 1.807) is 23.9 Å². The summed E-state index contributed by atoms with van der Waals surface area (Å²) in [7, 11) is 3.52. The second-order valence-corrected chi connectivity index (χ2v) is 6.36. The zero-order valence-electron chi connectivity index (χ0n) is 14.4. The molecule has 0 aliphatic carbocycles. The summed E-state index contributed by atoms with van der Waals surface area (Å²) in [6.07, 6.45) is 1.33. The van der Waals surface area contributed by atoms with Gasteiger partial charge in [-0.15, -0.1) is 0 Å². The number of nitrogens with zero attached hydrogens (tertiary/aromatic N) is 3. The van der Waals surface area contributed by atoms with Gasteiger partial charge in [0.2, 0.25) is 5.88 Å². The highest BCUT2D eigenvalue weighted by Crippen LogP contribution is 2.39. The number of rotatable bonds is 5. The van der Waals surface area contributed by atoms with Crippen molar-refractivity contribution in [1.29, 1.82) is 0 Å². The highest BCUT2D eigenvalue weighted by Gasteiger charge is 2.33. The van der Waals surface area contributed by atoms with Crippen molar-refractivity contribution in [2.45, 2.75) is 31.9 Å². The highest BCUT2D eigenvalue weighted by molar-refractivity contribution is 5.35. The predicted octanol–water partition coefficient (Wildman–Crippen LogP) is 2.75. The van der Waals surface area contributed by atoms with Gasteiger partial charge in [-0.05, 0) is 44.0 Å². The third kappa shape index (κ3) is 3.16. The van der Waals surface area contributed by atoms with Gasteiger partial charge >= 0.3 is 0 Å². The van der Waals surface area contributed by atoms with E-state index in [1.807, 2.05) is 14.0 Å². The quantitative estimate of drug-likeness (QED) is 0.914. The number of aliphatic hydroxyl groups excluding tert-OH is 1. The van der Waals surface area contributed by atoms with Crippen molar-refractivity contribution in [3.63, 3.8) is 0 Å². The fraction of sp³-hybridized carbons (Fsp3) is 0.500. The SMILES string of the molecule is COc1c(C2CCCN2CC(O)c2cccc(F)c2)c(C)nn1C. The molecule has 1 fully saturated rings. The molecule has 1 aliphatic heterocycles. The van der Waals surface area contributed by atoms with Crippen LogP contribution in [0.3, 0.4) is 0 Å². The Hall–Kier alpha value is -1.92. The molecule has 130 valence electrons. The van der Waals surface area contributed by atoms with E-state index in [9.17, 15) is 9.50 Å². The maximum Gasteiger partial charge on any atom is 0.216 e. The second-order valence-electron chi connectivity index (χ2n) is 6.36. The van der Waals surface area contributed by atoms with Gasteiger partial charge in [-0.3, -0.25) is 4.90 Å². The smallest absolute Gasteiger partial charge is 0.216 e. The summed E-state index contributed by atoms with van der Waals surface area (Å²) in [6.45, 7) is 3.34. The van der Waals surface area contributed by atoms with Gasteiger partial charge in [-0.2, -0.15) is 5.10 Å². The Balaban J connectivity index is 1.81. The van der Waals surface area contributed by atoms with Gasteiger partial charge in [0.1, 0.15) is 5.82 Å². The van der Waals surface area contributed by atoms with E-state index >= 15 is 0 Å². The minimum Gasteiger partial charge on any atom is -0.481 e. The van der Waals surface area contributed by atoms with Crippen LogP contribution in [0.15, 0.2) is 24.3 Å². The minimum absolute atomic E-state index is 0.164. The number of hydrogen-bond donors (Lipinski definition) is 1. The number of aryl methyl sites for hydroxylation is 2. The van der Waals surface area contributed by atoms with Crippen molar-refractivity contribution in [2.24, 2.45) is 7.05 Å². The Kier molecular flexibility index (Phi) is 4.87. The molecule has 1 aromatic heterocycles. The number of β-amino-alcohol motifs (C(OH)–C–C–N with tert-alkyl or cyclic N) is 1. The Morgan fingerprint density at radius 1 is 1.46 bits per heavy atom. The first kappa shape index (κ1) is 16.9. The van der Waals surface area contributed by atoms with Crippen molar-refractivity contribution in [3.05, 3.63) is 46.9 Å². The Labute approximate surface area is 141 Å². The van der Waals surface area contributed by atoms with E-state index in [4.69, 9.17) is 4.74 Å². The van der Waals surface area contributed by atoms with Crippen LogP contribution in [0.5, 0.6) is 5.88 Å². The summed E-state index contributed by atoms with van der Waals surface area (Å²) in [5, 5.41) is 15.0. The van der Waals surface area contributed by atoms with Crippen molar-refractivity contribution >= 4 is 0 Å². The van der Waals surface area contributed by atoms with Gasteiger partial charge in [-0.25, -0.2) is 9.07 Å². The predicted molar refractivity (Wildman–Crippen MR) is 89.4 cm³/mol. The Morgan fingerprint density at radius 3 is 2.96 bits per heavy atom. The summed E-state index contributed by atoms with van der Waals surface area (Å²) in [5.41, 5.74) is 2.64. The number of aromatic nitrogens is 2. The molecule has 0 amide bonds. The van der Waals surface area contributed by atoms with E-state index in [1.165, 1.54) is 12.1 Å². The molecule has 1 aromatic carbocycles. The van der Waals surface area contributed by atoms with E-state index < -0.39 is 6.10 Å². The fourth-order valence-electron chi connectivity index (χ4n) is 3.69. The first-order valence-electron chi connectivity index (χ1n) is 8.26. The Bertz CT molecular complexity index is 716. The molecule has 5 nitrogen and oxygen atoms in total. The number of methoxy groups -OCH3 is 1. The molecule has 6 heteroatoms. The summed E-state index contributed by atoms with van der Waals surface area (Å²) < 4.78 is 20.7. The summed E-state index contributed by atoms with van der Waals surface area (Å²) in [6, 6.07) is 6.33. The minimum atomic E-state index is -0.718. The molecular formula is C18H24FN3O2. The first-order chi connectivity index (χ1) is 11.5. The van der Waals surface area contributed by atoms with Crippen LogP contribution in [0.2, 0.25) is 0 Å². The van der Waals surface area contributed by atoms with Crippen molar-refractivity contribution < 1.29 is 14.2 Å². The Morgan fingerprint density at radius 2 is 2.25 bits per heavy atom. The first-order valence-corrected chi connectivity index (χ1v) is 8.26. The maximum absolute atomic E-state index is 13.4. The number of likely N-dealkylation sites (tertiary alicyclic amines) is 1. The molecule has 1 N–H and O–H groups in total. The zero-order valence-corrected chi connectivity index (χ0v) is 14.4. The van der Waals surface area contributed by atoms with Crippen LogP contribution in [0.4, 0.5) is 4.39 Å². The van der Waals surface area contributed by atoms with Crippen LogP contribution < -0.4 is 4.74 Å². The monoisotopic (exact) mass is 333 g/mol. The van der Waals surface area contributed by atoms with Crippen molar-refractivity contribution in [2.75, 3.05) is 20.2 Å². The van der Waals surface area contributed by atoms with Crippen LogP contribution in [0.1, 0.15) is 41.8 Å². The van der Waals surface area contributed by atoms with Gasteiger partial charge in [0.25, 0.3) is 0 Å². The number of halogens is 1. The zero-order chi connectivity index (χ0) is 17.3. The van der Waals surface area contributed by atoms with E-state index in [-0.39, 0.29) is 11.9 Å². The van der Waals surface area contributed by atoms with Crippen molar-refractivity contribution in [1.82, 2.24) is 14.7 Å². The molecule has 1 aliphatic rings. The van der Waals surface area contributed by atoms with E-state index in [0.29, 0.717) is 12.1 Å². The number of benzene rings is 1. The fourth-order valence-corrected chi connectivity index (χ4v) is 3.69. The highest BCUT2D eigenvalue weighted by atomic mass is 19.1. The lowest BCUT2D eigenvalue weighted by Crippen LogP contribution is -2.29. The van der Waals surface area contributed by atoms with Crippen LogP contribution >= 0.6 is 0 Å². The summed E-state index contributed by atoms with van der Waals surface area (Å²) in [5.74, 6) is 0.443. The lowest BCUT2D eigenvalue weighted by Gasteiger charge is -2.27. The molecule has 0 spiro atoms. The normalized spacial score (nSPS) is 19.6. The molecule has 0 saturated carbocycles. The van der Waals surface area contributed by atoms with Gasteiger partial charge in [-0.1, -0.05) is 12.1 Å². The summed E-state index contributed by atoms with van der Waals surface area (Å²) >= 11 is 0. The van der Waals surface area contributed by atoms with Crippen LogP contribution in [-0.4, -0.2) is 40.0 Å². The topological polar surface area (TPSA) is 50.5 Å². The third-order valence-electron chi connectivity index (χ3n) is 4.75. The molecule has 2 unspecified atom stereocenters. The molecule has 24 heavy (non-hydrogen) atoms. The lowest BCUT2D eigenvalue weighted by atomic mass is 10.0. The van der Waals surface area contributed by atoms with E-state index in [2.05, 4.69) is 10.00 Å². The average Bonchev–Trinajstić information content (AvgIpc) is 3.10. The third-order valence-corrected chi connectivity index (χ3v) is 4.75. The maximum atomic E-state index is 13.4. The second kappa shape index (κ2) is 6.91. The van der Waals surface area contributed by atoms with E-state index in [0.717, 1.165) is 36.5 Å². The molecular weight excluding hydrogens is 309 g/mol. The van der Waals surface area contributed by atoms with Gasteiger partial charge in [0.15, 0.2) is 0 Å². The molecule has 2 aromatic rings. The van der Waals surface area contributed by atoms with Crippen molar-refractivity contribution in [3.8, 4) is 5.88 Å². The number of aliphatic hydroxyl groups is 1. The van der Waals surface area contributed by atoms with Crippen LogP contribution in [-0.2, 0) is 7.05 Å². The largest absolute Gasteiger partial charge is 0.481 e. The summed E-state index contributed by atoms with van der Waals surface area (Å²) in [4.78, 5) is 2.24. The number of ether oxygens (including phenoxy) is 1. The average molecular weight is 333 g/mol. The van der Waals surface area contributed by atoms with Crippen LogP contribution in [0.25, 0.3) is 0 Å².